The van der Waals surface area contributed by atoms with E-state index in [-0.39, 0.29) is 30.6 Å². The van der Waals surface area contributed by atoms with E-state index in [4.69, 9.17) is 0 Å². The first-order valence-corrected chi connectivity index (χ1v) is 11.1. The number of rotatable bonds is 4. The first-order chi connectivity index (χ1) is 15.4. The number of amides is 3. The van der Waals surface area contributed by atoms with Crippen molar-refractivity contribution in [2.24, 2.45) is 5.10 Å². The molecule has 0 bridgehead atoms. The highest BCUT2D eigenvalue weighted by Gasteiger charge is 2.27. The lowest BCUT2D eigenvalue weighted by Gasteiger charge is -2.27. The fourth-order valence-electron chi connectivity index (χ4n) is 4.07. The fourth-order valence-corrected chi connectivity index (χ4v) is 4.07. The first kappa shape index (κ1) is 21.7. The molecule has 7 heteroatoms. The maximum absolute atomic E-state index is 12.9. The van der Waals surface area contributed by atoms with Crippen molar-refractivity contribution in [1.29, 1.82) is 0 Å². The Balaban J connectivity index is 1.51. The van der Waals surface area contributed by atoms with Crippen LogP contribution in [0.15, 0.2) is 47.6 Å². The van der Waals surface area contributed by atoms with Crippen LogP contribution in [0.25, 0.3) is 0 Å². The van der Waals surface area contributed by atoms with Crippen LogP contribution in [0, 0.1) is 13.8 Å². The van der Waals surface area contributed by atoms with Crippen molar-refractivity contribution >= 4 is 34.8 Å². The summed E-state index contributed by atoms with van der Waals surface area (Å²) in [7, 11) is 0. The summed E-state index contributed by atoms with van der Waals surface area (Å²) in [4.78, 5) is 40.1. The molecule has 2 heterocycles. The molecule has 166 valence electrons. The number of benzene rings is 2. The van der Waals surface area contributed by atoms with Crippen LogP contribution in [-0.2, 0) is 9.59 Å². The minimum Gasteiger partial charge on any atom is -0.339 e. The van der Waals surface area contributed by atoms with Crippen molar-refractivity contribution in [3.05, 3.63) is 59.2 Å². The maximum Gasteiger partial charge on any atom is 0.271 e. The number of likely N-dealkylation sites (tertiary alicyclic amines) is 1. The number of nitrogens with one attached hydrogen (secondary N) is 1. The standard InChI is InChI=1S/C25H28N4O3/c1-17-9-10-18(2)22(15-17)29-23(30)12-11-21(27-29)24(31)26-20-8-6-7-19(16-20)25(32)28-13-4-3-5-14-28/h6-10,15-16H,3-5,11-14H2,1-2H3,(H,26,31). The Bertz CT molecular complexity index is 1090. The molecular formula is C25H28N4O3. The second-order valence-electron chi connectivity index (χ2n) is 8.43. The molecular weight excluding hydrogens is 404 g/mol. The molecule has 1 fully saturated rings. The van der Waals surface area contributed by atoms with Crippen LogP contribution < -0.4 is 10.3 Å². The normalized spacial score (nSPS) is 16.6. The Morgan fingerprint density at radius 2 is 1.75 bits per heavy atom. The quantitative estimate of drug-likeness (QED) is 0.791. The predicted molar refractivity (Wildman–Crippen MR) is 125 cm³/mol. The van der Waals surface area contributed by atoms with Crippen LogP contribution in [0.2, 0.25) is 0 Å². The molecule has 2 aliphatic rings. The number of hydrogen-bond donors (Lipinski definition) is 1. The Hall–Kier alpha value is -3.48. The van der Waals surface area contributed by atoms with Gasteiger partial charge >= 0.3 is 0 Å². The Morgan fingerprint density at radius 3 is 2.53 bits per heavy atom. The van der Waals surface area contributed by atoms with E-state index in [1.54, 1.807) is 24.3 Å². The average molecular weight is 433 g/mol. The fraction of sp³-hybridized carbons (Fsp3) is 0.360. The Labute approximate surface area is 188 Å². The zero-order valence-electron chi connectivity index (χ0n) is 18.6. The summed E-state index contributed by atoms with van der Waals surface area (Å²) in [5.41, 5.74) is 4.00. The molecule has 0 aromatic heterocycles. The van der Waals surface area contributed by atoms with Gasteiger partial charge in [0.05, 0.1) is 5.69 Å². The summed E-state index contributed by atoms with van der Waals surface area (Å²) < 4.78 is 0. The molecule has 0 unspecified atom stereocenters. The van der Waals surface area contributed by atoms with Crippen molar-refractivity contribution < 1.29 is 14.4 Å². The summed E-state index contributed by atoms with van der Waals surface area (Å²) >= 11 is 0. The van der Waals surface area contributed by atoms with Crippen LogP contribution in [0.1, 0.15) is 53.6 Å². The van der Waals surface area contributed by atoms with Gasteiger partial charge in [0.15, 0.2) is 0 Å². The number of nitrogens with zero attached hydrogens (tertiary/aromatic N) is 3. The van der Waals surface area contributed by atoms with Crippen molar-refractivity contribution in [3.63, 3.8) is 0 Å². The number of hydrogen-bond acceptors (Lipinski definition) is 4. The molecule has 0 atom stereocenters. The molecule has 1 N–H and O–H groups in total. The van der Waals surface area contributed by atoms with Gasteiger partial charge in [-0.2, -0.15) is 5.10 Å². The van der Waals surface area contributed by atoms with Gasteiger partial charge in [0, 0.05) is 37.2 Å². The van der Waals surface area contributed by atoms with Crippen molar-refractivity contribution in [2.75, 3.05) is 23.4 Å². The molecule has 0 radical (unpaired) electrons. The van der Waals surface area contributed by atoms with Gasteiger partial charge in [0.2, 0.25) is 5.91 Å². The van der Waals surface area contributed by atoms with E-state index in [0.717, 1.165) is 43.5 Å². The van der Waals surface area contributed by atoms with E-state index < -0.39 is 0 Å². The SMILES string of the molecule is Cc1ccc(C)c(N2N=C(C(=O)Nc3cccc(C(=O)N4CCCCC4)c3)CCC2=O)c1. The number of carbonyl (C=O) groups excluding carboxylic acids is 3. The molecule has 4 rings (SSSR count). The number of piperidine rings is 1. The molecule has 3 amide bonds. The van der Waals surface area contributed by atoms with Crippen LogP contribution in [-0.4, -0.2) is 41.4 Å². The summed E-state index contributed by atoms with van der Waals surface area (Å²) in [6, 6.07) is 12.8. The molecule has 2 aromatic rings. The van der Waals surface area contributed by atoms with Crippen LogP contribution in [0.3, 0.4) is 0 Å². The van der Waals surface area contributed by atoms with E-state index in [1.807, 2.05) is 36.9 Å². The van der Waals surface area contributed by atoms with Crippen LogP contribution in [0.5, 0.6) is 0 Å². The second kappa shape index (κ2) is 9.34. The van der Waals surface area contributed by atoms with Gasteiger partial charge in [0.1, 0.15) is 5.71 Å². The Morgan fingerprint density at radius 1 is 0.969 bits per heavy atom. The molecule has 1 saturated heterocycles. The van der Waals surface area contributed by atoms with E-state index in [0.29, 0.717) is 22.6 Å². The van der Waals surface area contributed by atoms with Gasteiger partial charge in [0.25, 0.3) is 11.8 Å². The number of carbonyl (C=O) groups is 3. The summed E-state index contributed by atoms with van der Waals surface area (Å²) in [6.45, 7) is 5.41. The van der Waals surface area contributed by atoms with E-state index >= 15 is 0 Å². The van der Waals surface area contributed by atoms with E-state index in [1.165, 1.54) is 5.01 Å². The summed E-state index contributed by atoms with van der Waals surface area (Å²) in [6.07, 6.45) is 3.70. The zero-order valence-corrected chi connectivity index (χ0v) is 18.6. The molecule has 7 nitrogen and oxygen atoms in total. The van der Waals surface area contributed by atoms with Gasteiger partial charge < -0.3 is 10.2 Å². The van der Waals surface area contributed by atoms with Crippen LogP contribution in [0.4, 0.5) is 11.4 Å². The van der Waals surface area contributed by atoms with Crippen LogP contribution >= 0.6 is 0 Å². The number of aryl methyl sites for hydroxylation is 2. The highest BCUT2D eigenvalue weighted by molar-refractivity contribution is 6.44. The molecule has 0 aliphatic carbocycles. The third kappa shape index (κ3) is 4.72. The second-order valence-corrected chi connectivity index (χ2v) is 8.43. The van der Waals surface area contributed by atoms with Gasteiger partial charge in [-0.15, -0.1) is 0 Å². The smallest absolute Gasteiger partial charge is 0.271 e. The molecule has 0 saturated carbocycles. The van der Waals surface area contributed by atoms with E-state index in [2.05, 4.69) is 10.4 Å². The minimum absolute atomic E-state index is 0.0116. The van der Waals surface area contributed by atoms with Crippen molar-refractivity contribution in [2.45, 2.75) is 46.0 Å². The number of hydrazone groups is 1. The van der Waals surface area contributed by atoms with E-state index in [9.17, 15) is 14.4 Å². The van der Waals surface area contributed by atoms with Gasteiger partial charge in [-0.25, -0.2) is 5.01 Å². The molecule has 0 spiro atoms. The number of anilines is 2. The monoisotopic (exact) mass is 432 g/mol. The lowest BCUT2D eigenvalue weighted by atomic mass is 10.1. The van der Waals surface area contributed by atoms with Gasteiger partial charge in [-0.3, -0.25) is 14.4 Å². The van der Waals surface area contributed by atoms with Gasteiger partial charge in [-0.05, 0) is 68.5 Å². The van der Waals surface area contributed by atoms with Gasteiger partial charge in [-0.1, -0.05) is 18.2 Å². The first-order valence-electron chi connectivity index (χ1n) is 11.1. The molecule has 2 aromatic carbocycles. The minimum atomic E-state index is -0.365. The van der Waals surface area contributed by atoms with Crippen molar-refractivity contribution in [1.82, 2.24) is 4.90 Å². The third-order valence-electron chi connectivity index (χ3n) is 5.90. The van der Waals surface area contributed by atoms with Crippen molar-refractivity contribution in [3.8, 4) is 0 Å². The average Bonchev–Trinajstić information content (AvgIpc) is 2.81. The molecule has 32 heavy (non-hydrogen) atoms. The summed E-state index contributed by atoms with van der Waals surface area (Å²) in [5, 5.41) is 8.55. The largest absolute Gasteiger partial charge is 0.339 e. The lowest BCUT2D eigenvalue weighted by Crippen LogP contribution is -2.37. The third-order valence-corrected chi connectivity index (χ3v) is 5.90. The zero-order chi connectivity index (χ0) is 22.7. The Kier molecular flexibility index (Phi) is 6.35. The topological polar surface area (TPSA) is 82.1 Å². The predicted octanol–water partition coefficient (Wildman–Crippen LogP) is 4.05. The highest BCUT2D eigenvalue weighted by Crippen LogP contribution is 2.26. The summed E-state index contributed by atoms with van der Waals surface area (Å²) in [5.74, 6) is -0.512. The highest BCUT2D eigenvalue weighted by atomic mass is 16.2. The molecule has 2 aliphatic heterocycles. The lowest BCUT2D eigenvalue weighted by molar-refractivity contribution is -0.118. The maximum atomic E-state index is 12.9.